The zero-order chi connectivity index (χ0) is 21.5. The van der Waals surface area contributed by atoms with Gasteiger partial charge < -0.3 is 10.6 Å². The molecule has 2 N–H and O–H groups in total. The van der Waals surface area contributed by atoms with Gasteiger partial charge in [-0.3, -0.25) is 0 Å². The van der Waals surface area contributed by atoms with E-state index in [0.717, 1.165) is 52.8 Å². The number of hydrogen-bond acceptors (Lipinski definition) is 3. The van der Waals surface area contributed by atoms with Crippen molar-refractivity contribution in [3.05, 3.63) is 76.5 Å². The van der Waals surface area contributed by atoms with E-state index in [1.54, 1.807) is 6.07 Å². The molecule has 0 aliphatic carbocycles. The summed E-state index contributed by atoms with van der Waals surface area (Å²) in [6, 6.07) is 10.9. The van der Waals surface area contributed by atoms with Gasteiger partial charge in [0.2, 0.25) is 0 Å². The van der Waals surface area contributed by atoms with Gasteiger partial charge >= 0.3 is 0 Å². The summed E-state index contributed by atoms with van der Waals surface area (Å²) in [5, 5.41) is 11.1. The first-order valence-corrected chi connectivity index (χ1v) is 10.2. The van der Waals surface area contributed by atoms with Crippen LogP contribution >= 0.6 is 0 Å². The Morgan fingerprint density at radius 1 is 1.10 bits per heavy atom. The molecule has 0 aliphatic rings. The Morgan fingerprint density at radius 2 is 1.93 bits per heavy atom. The Kier molecular flexibility index (Phi) is 7.17. The second-order valence-corrected chi connectivity index (χ2v) is 7.31. The minimum Gasteiger partial charge on any atom is -0.357 e. The van der Waals surface area contributed by atoms with Gasteiger partial charge in [0.15, 0.2) is 11.8 Å². The molecule has 0 atom stereocenters. The predicted octanol–water partition coefficient (Wildman–Crippen LogP) is 3.63. The van der Waals surface area contributed by atoms with Crippen LogP contribution in [0, 0.1) is 26.6 Å². The van der Waals surface area contributed by atoms with Crippen LogP contribution < -0.4 is 10.6 Å². The molecule has 3 rings (SSSR count). The van der Waals surface area contributed by atoms with Crippen molar-refractivity contribution in [2.24, 2.45) is 4.99 Å². The molecule has 0 unspecified atom stereocenters. The molecule has 0 saturated heterocycles. The zero-order valence-electron chi connectivity index (χ0n) is 18.0. The highest BCUT2D eigenvalue weighted by atomic mass is 19.1. The molecule has 0 fully saturated rings. The number of aliphatic imine (C=N–C) groups is 1. The van der Waals surface area contributed by atoms with Crippen LogP contribution in [0.25, 0.3) is 5.82 Å². The lowest BCUT2D eigenvalue weighted by molar-refractivity contribution is 0.625. The van der Waals surface area contributed by atoms with E-state index in [1.807, 2.05) is 62.8 Å². The van der Waals surface area contributed by atoms with E-state index in [4.69, 9.17) is 0 Å². The van der Waals surface area contributed by atoms with Crippen molar-refractivity contribution in [3.63, 3.8) is 0 Å². The average Bonchev–Trinajstić information content (AvgIpc) is 3.06. The first-order valence-electron chi connectivity index (χ1n) is 10.2. The molecule has 158 valence electrons. The number of benzene rings is 1. The van der Waals surface area contributed by atoms with Gasteiger partial charge in [0.25, 0.3) is 0 Å². The molecule has 7 heteroatoms. The lowest BCUT2D eigenvalue weighted by atomic mass is 10.1. The number of pyridine rings is 1. The highest BCUT2D eigenvalue weighted by Gasteiger charge is 2.05. The van der Waals surface area contributed by atoms with Crippen LogP contribution in [-0.2, 0) is 13.0 Å². The van der Waals surface area contributed by atoms with Crippen LogP contribution in [-0.4, -0.2) is 33.8 Å². The van der Waals surface area contributed by atoms with Gasteiger partial charge in [-0.2, -0.15) is 5.10 Å². The second-order valence-electron chi connectivity index (χ2n) is 7.31. The Labute approximate surface area is 177 Å². The van der Waals surface area contributed by atoms with Gasteiger partial charge in [0.1, 0.15) is 5.82 Å². The summed E-state index contributed by atoms with van der Waals surface area (Å²) >= 11 is 0. The number of nitrogens with zero attached hydrogens (tertiary/aromatic N) is 4. The van der Waals surface area contributed by atoms with Gasteiger partial charge in [-0.1, -0.05) is 12.1 Å². The van der Waals surface area contributed by atoms with Gasteiger partial charge in [0, 0.05) is 25.0 Å². The maximum atomic E-state index is 13.2. The molecule has 2 aromatic heterocycles. The summed E-state index contributed by atoms with van der Waals surface area (Å²) < 4.78 is 15.1. The van der Waals surface area contributed by atoms with E-state index >= 15 is 0 Å². The fourth-order valence-electron chi connectivity index (χ4n) is 3.26. The molecule has 6 nitrogen and oxygen atoms in total. The number of aryl methyl sites for hydroxylation is 3. The van der Waals surface area contributed by atoms with Gasteiger partial charge in [-0.25, -0.2) is 19.0 Å². The summed E-state index contributed by atoms with van der Waals surface area (Å²) in [5.41, 5.74) is 5.14. The largest absolute Gasteiger partial charge is 0.357 e. The minimum absolute atomic E-state index is 0.198. The number of aromatic nitrogens is 3. The third kappa shape index (κ3) is 5.65. The minimum atomic E-state index is -0.198. The summed E-state index contributed by atoms with van der Waals surface area (Å²) in [4.78, 5) is 9.17. The first kappa shape index (κ1) is 21.5. The fourth-order valence-corrected chi connectivity index (χ4v) is 3.26. The lowest BCUT2D eigenvalue weighted by Gasteiger charge is -2.12. The molecular formula is C23H29FN6. The summed E-state index contributed by atoms with van der Waals surface area (Å²) in [5.74, 6) is 1.35. The Morgan fingerprint density at radius 3 is 2.57 bits per heavy atom. The van der Waals surface area contributed by atoms with Gasteiger partial charge in [-0.15, -0.1) is 0 Å². The monoisotopic (exact) mass is 408 g/mol. The number of halogens is 1. The number of nitrogens with one attached hydrogen (secondary N) is 2. The van der Waals surface area contributed by atoms with Crippen molar-refractivity contribution in [3.8, 4) is 5.82 Å². The normalized spacial score (nSPS) is 11.6. The molecule has 0 saturated carbocycles. The summed E-state index contributed by atoms with van der Waals surface area (Å²) in [6.45, 7) is 9.96. The van der Waals surface area contributed by atoms with E-state index < -0.39 is 0 Å². The fraction of sp³-hybridized carbons (Fsp3) is 0.348. The smallest absolute Gasteiger partial charge is 0.191 e. The number of rotatable bonds is 7. The molecule has 0 radical (unpaired) electrons. The molecule has 0 spiro atoms. The number of hydrogen-bond donors (Lipinski definition) is 2. The Balaban J connectivity index is 1.59. The van der Waals surface area contributed by atoms with Crippen molar-refractivity contribution < 1.29 is 4.39 Å². The van der Waals surface area contributed by atoms with E-state index in [1.165, 1.54) is 6.07 Å². The van der Waals surface area contributed by atoms with Crippen LogP contribution in [0.1, 0.15) is 35.0 Å². The lowest BCUT2D eigenvalue weighted by Crippen LogP contribution is -2.38. The maximum absolute atomic E-state index is 13.2. The standard InChI is InChI=1S/C23H29FN6/c1-5-25-23(26-11-10-20-7-8-21(24)12-16(20)2)28-15-19-6-9-22(27-14-19)30-18(4)13-17(3)29-30/h6-9,12-14H,5,10-11,15H2,1-4H3,(H2,25,26,28). The Bertz CT molecular complexity index is 1010. The highest BCUT2D eigenvalue weighted by molar-refractivity contribution is 5.79. The molecule has 3 aromatic rings. The average molecular weight is 409 g/mol. The third-order valence-corrected chi connectivity index (χ3v) is 4.79. The summed E-state index contributed by atoms with van der Waals surface area (Å²) in [6.07, 6.45) is 2.64. The second kappa shape index (κ2) is 10.0. The predicted molar refractivity (Wildman–Crippen MR) is 118 cm³/mol. The van der Waals surface area contributed by atoms with Crippen molar-refractivity contribution >= 4 is 5.96 Å². The molecule has 2 heterocycles. The van der Waals surface area contributed by atoms with Crippen molar-refractivity contribution in [1.29, 1.82) is 0 Å². The molecule has 0 aliphatic heterocycles. The SMILES string of the molecule is CCNC(=NCc1ccc(-n2nc(C)cc2C)nc1)NCCc1ccc(F)cc1C. The van der Waals surface area contributed by atoms with E-state index in [2.05, 4.69) is 25.7 Å². The van der Waals surface area contributed by atoms with Crippen molar-refractivity contribution in [2.45, 2.75) is 40.7 Å². The van der Waals surface area contributed by atoms with E-state index in [-0.39, 0.29) is 5.82 Å². The maximum Gasteiger partial charge on any atom is 0.191 e. The van der Waals surface area contributed by atoms with Crippen LogP contribution in [0.2, 0.25) is 0 Å². The number of guanidine groups is 1. The van der Waals surface area contributed by atoms with E-state index in [9.17, 15) is 4.39 Å². The first-order chi connectivity index (χ1) is 14.5. The highest BCUT2D eigenvalue weighted by Crippen LogP contribution is 2.11. The molecule has 30 heavy (non-hydrogen) atoms. The van der Waals surface area contributed by atoms with Crippen LogP contribution in [0.15, 0.2) is 47.6 Å². The molecular weight excluding hydrogens is 379 g/mol. The van der Waals surface area contributed by atoms with Gasteiger partial charge in [-0.05, 0) is 75.1 Å². The van der Waals surface area contributed by atoms with Gasteiger partial charge in [0.05, 0.1) is 12.2 Å². The molecule has 1 aromatic carbocycles. The van der Waals surface area contributed by atoms with Crippen LogP contribution in [0.5, 0.6) is 0 Å². The van der Waals surface area contributed by atoms with Crippen molar-refractivity contribution in [2.75, 3.05) is 13.1 Å². The van der Waals surface area contributed by atoms with E-state index in [0.29, 0.717) is 13.1 Å². The molecule has 0 amide bonds. The molecule has 0 bridgehead atoms. The van der Waals surface area contributed by atoms with Crippen molar-refractivity contribution in [1.82, 2.24) is 25.4 Å². The topological polar surface area (TPSA) is 67.1 Å². The zero-order valence-corrected chi connectivity index (χ0v) is 18.0. The quantitative estimate of drug-likeness (QED) is 0.463. The third-order valence-electron chi connectivity index (χ3n) is 4.79. The van der Waals surface area contributed by atoms with Crippen LogP contribution in [0.3, 0.4) is 0 Å². The van der Waals surface area contributed by atoms with Crippen LogP contribution in [0.4, 0.5) is 4.39 Å². The Hall–Kier alpha value is -3.22. The summed E-state index contributed by atoms with van der Waals surface area (Å²) in [7, 11) is 0.